The average molecular weight is 629 g/mol. The number of aromatic nitrogens is 3. The van der Waals surface area contributed by atoms with Crippen LogP contribution in [0, 0.1) is 31.3 Å². The molecule has 0 atom stereocenters. The first kappa shape index (κ1) is 32.3. The van der Waals surface area contributed by atoms with Gasteiger partial charge in [0, 0.05) is 17.2 Å². The summed E-state index contributed by atoms with van der Waals surface area (Å²) in [5.41, 5.74) is 0.840. The normalized spacial score (nSPS) is 11.4. The third kappa shape index (κ3) is 7.29. The van der Waals surface area contributed by atoms with Crippen molar-refractivity contribution in [2.45, 2.75) is 24.8 Å². The van der Waals surface area contributed by atoms with Gasteiger partial charge in [-0.2, -0.15) is 13.4 Å². The highest BCUT2D eigenvalue weighted by molar-refractivity contribution is 7.85. The minimum Gasteiger partial charge on any atom is -0.394 e. The van der Waals surface area contributed by atoms with E-state index in [0.717, 1.165) is 23.8 Å². The summed E-state index contributed by atoms with van der Waals surface area (Å²) < 4.78 is 72.7. The zero-order chi connectivity index (χ0) is 32.2. The molecule has 0 bridgehead atoms. The van der Waals surface area contributed by atoms with Crippen LogP contribution >= 0.6 is 0 Å². The molecule has 0 saturated carbocycles. The Hall–Kier alpha value is -4.63. The Labute approximate surface area is 249 Å². The van der Waals surface area contributed by atoms with Crippen molar-refractivity contribution in [3.63, 3.8) is 0 Å². The van der Waals surface area contributed by atoms with Crippen LogP contribution in [0.4, 0.5) is 19.1 Å². The van der Waals surface area contributed by atoms with Crippen LogP contribution in [0.3, 0.4) is 0 Å². The van der Waals surface area contributed by atoms with Crippen LogP contribution in [-0.4, -0.2) is 57.4 Å². The summed E-state index contributed by atoms with van der Waals surface area (Å²) in [6.45, 7) is 2.62. The van der Waals surface area contributed by atoms with Crippen molar-refractivity contribution in [2.24, 2.45) is 0 Å². The van der Waals surface area contributed by atoms with Crippen molar-refractivity contribution in [1.82, 2.24) is 15.0 Å². The van der Waals surface area contributed by atoms with Gasteiger partial charge in [-0.1, -0.05) is 23.8 Å². The van der Waals surface area contributed by atoms with Crippen molar-refractivity contribution in [2.75, 3.05) is 18.5 Å². The van der Waals surface area contributed by atoms with E-state index in [9.17, 15) is 36.6 Å². The fraction of sp³-hybridized carbons (Fsp3) is 0.167. The molecule has 3 aromatic carbocycles. The first-order valence-corrected chi connectivity index (χ1v) is 14.4. The fourth-order valence-electron chi connectivity index (χ4n) is 4.31. The van der Waals surface area contributed by atoms with Crippen molar-refractivity contribution < 1.29 is 36.4 Å². The molecule has 2 aromatic heterocycles. The molecule has 14 heteroatoms. The summed E-state index contributed by atoms with van der Waals surface area (Å²) >= 11 is 0. The Bertz CT molecular complexity index is 1960. The first-order chi connectivity index (χ1) is 20.8. The summed E-state index contributed by atoms with van der Waals surface area (Å²) in [5.74, 6) is -2.31. The zero-order valence-corrected chi connectivity index (χ0v) is 24.2. The number of H-pyrrole nitrogens is 1. The van der Waals surface area contributed by atoms with Gasteiger partial charge in [-0.15, -0.1) is 0 Å². The molecular weight excluding hydrogens is 601 g/mol. The number of nitrogens with one attached hydrogen (secondary N) is 2. The number of aromatic amines is 1. The van der Waals surface area contributed by atoms with Gasteiger partial charge < -0.3 is 20.5 Å². The lowest BCUT2D eigenvalue weighted by Crippen LogP contribution is -2.29. The van der Waals surface area contributed by atoms with Crippen LogP contribution in [0.5, 0.6) is 0 Å². The van der Waals surface area contributed by atoms with Gasteiger partial charge in [0.2, 0.25) is 11.5 Å². The highest BCUT2D eigenvalue weighted by atomic mass is 32.2. The summed E-state index contributed by atoms with van der Waals surface area (Å²) in [6, 6.07) is 13.5. The van der Waals surface area contributed by atoms with Crippen molar-refractivity contribution in [3.8, 4) is 22.4 Å². The number of aliphatic hydroxyl groups excluding tert-OH is 2. The number of rotatable bonds is 7. The molecule has 0 aliphatic carbocycles. The number of hydrogen-bond acceptors (Lipinski definition) is 8. The Morgan fingerprint density at radius 1 is 0.886 bits per heavy atom. The Balaban J connectivity index is 0.000000339. The molecule has 44 heavy (non-hydrogen) atoms. The summed E-state index contributed by atoms with van der Waals surface area (Å²) in [4.78, 5) is 23.5. The lowest BCUT2D eigenvalue weighted by molar-refractivity contribution is 0.203. The Morgan fingerprint density at radius 2 is 1.52 bits per heavy atom. The smallest absolute Gasteiger partial charge is 0.294 e. The molecule has 10 nitrogen and oxygen atoms in total. The third-order valence-corrected chi connectivity index (χ3v) is 7.33. The van der Waals surface area contributed by atoms with E-state index in [-0.39, 0.29) is 33.1 Å². The minimum absolute atomic E-state index is 0.0361. The number of hydrogen-bond donors (Lipinski definition) is 5. The molecule has 0 unspecified atom stereocenters. The molecule has 0 spiro atoms. The zero-order valence-electron chi connectivity index (χ0n) is 23.3. The highest BCUT2D eigenvalue weighted by Crippen LogP contribution is 2.37. The van der Waals surface area contributed by atoms with Crippen LogP contribution in [0.25, 0.3) is 33.4 Å². The monoisotopic (exact) mass is 628 g/mol. The number of nitrogens with zero attached hydrogens (tertiary/aromatic N) is 2. The van der Waals surface area contributed by atoms with Crippen LogP contribution in [0.1, 0.15) is 11.1 Å². The predicted octanol–water partition coefficient (Wildman–Crippen LogP) is 4.38. The number of aliphatic hydroxyl groups is 2. The molecule has 0 saturated heterocycles. The Morgan fingerprint density at radius 3 is 2.09 bits per heavy atom. The minimum atomic E-state index is -4.02. The van der Waals surface area contributed by atoms with E-state index in [2.05, 4.69) is 20.3 Å². The maximum absolute atomic E-state index is 14.7. The van der Waals surface area contributed by atoms with E-state index in [1.165, 1.54) is 36.4 Å². The molecule has 0 aliphatic rings. The van der Waals surface area contributed by atoms with Gasteiger partial charge in [-0.25, -0.2) is 18.2 Å². The number of pyridine rings is 1. The summed E-state index contributed by atoms with van der Waals surface area (Å²) in [6.07, 6.45) is 0. The molecule has 230 valence electrons. The molecule has 5 N–H and O–H groups in total. The summed E-state index contributed by atoms with van der Waals surface area (Å²) in [7, 11) is -4.02. The van der Waals surface area contributed by atoms with Gasteiger partial charge in [0.1, 0.15) is 23.1 Å². The molecular formula is C30H27F3N4O6S. The van der Waals surface area contributed by atoms with Crippen LogP contribution < -0.4 is 10.9 Å². The maximum Gasteiger partial charge on any atom is 0.294 e. The molecule has 0 radical (unpaired) electrons. The topological polar surface area (TPSA) is 165 Å². The van der Waals surface area contributed by atoms with E-state index >= 15 is 0 Å². The molecule has 2 heterocycles. The van der Waals surface area contributed by atoms with E-state index in [4.69, 9.17) is 4.55 Å². The van der Waals surface area contributed by atoms with Gasteiger partial charge in [0.15, 0.2) is 0 Å². The number of aryl methyl sites for hydroxylation is 2. The van der Waals surface area contributed by atoms with Crippen molar-refractivity contribution in [1.29, 1.82) is 0 Å². The largest absolute Gasteiger partial charge is 0.394 e. The van der Waals surface area contributed by atoms with Gasteiger partial charge in [-0.3, -0.25) is 9.35 Å². The van der Waals surface area contributed by atoms with Crippen LogP contribution in [-0.2, 0) is 10.1 Å². The molecule has 0 fully saturated rings. The van der Waals surface area contributed by atoms with Gasteiger partial charge in [-0.05, 0) is 61.9 Å². The second-order valence-corrected chi connectivity index (χ2v) is 11.1. The van der Waals surface area contributed by atoms with E-state index in [1.54, 1.807) is 19.1 Å². The molecule has 0 aliphatic heterocycles. The quantitative estimate of drug-likeness (QED) is 0.164. The van der Waals surface area contributed by atoms with Crippen LogP contribution in [0.2, 0.25) is 0 Å². The Kier molecular flexibility index (Phi) is 9.79. The van der Waals surface area contributed by atoms with E-state index in [1.807, 2.05) is 6.92 Å². The van der Waals surface area contributed by atoms with Crippen molar-refractivity contribution >= 4 is 27.1 Å². The maximum atomic E-state index is 14.7. The predicted molar refractivity (Wildman–Crippen MR) is 158 cm³/mol. The molecule has 0 amide bonds. The van der Waals surface area contributed by atoms with Gasteiger partial charge >= 0.3 is 0 Å². The van der Waals surface area contributed by atoms with Crippen molar-refractivity contribution in [3.05, 3.63) is 106 Å². The van der Waals surface area contributed by atoms with E-state index in [0.29, 0.717) is 11.1 Å². The molecule has 5 aromatic rings. The number of anilines is 1. The number of halogens is 3. The van der Waals surface area contributed by atoms with Gasteiger partial charge in [0.05, 0.1) is 40.8 Å². The molecule has 5 rings (SSSR count). The van der Waals surface area contributed by atoms with Gasteiger partial charge in [0.25, 0.3) is 10.1 Å². The second kappa shape index (κ2) is 13.3. The first-order valence-electron chi connectivity index (χ1n) is 13.0. The standard InChI is InChI=1S/C23H19F3N4O3.C7H8O3S/c1-11-7-12(24)5-6-14(11)21-20-15(19-16(25)3-2-4-17(19)26)8-18(33)28-22(20)30-23(29-21)27-13(9-31)10-32;1-6-2-4-7(5-3-6)11(8,9)10/h2-8,13,31-32H,9-10H2,1H3,(H2,27,28,29,30,33);2-5H,1H3,(H,8,9,10). The van der Waals surface area contributed by atoms with E-state index < -0.39 is 57.9 Å². The number of benzene rings is 3. The average Bonchev–Trinajstić information content (AvgIpc) is 2.95. The second-order valence-electron chi connectivity index (χ2n) is 9.72. The van der Waals surface area contributed by atoms with Crippen LogP contribution in [0.15, 0.2) is 76.4 Å². The fourth-order valence-corrected chi connectivity index (χ4v) is 4.79. The number of fused-ring (bicyclic) bond motifs is 1. The SMILES string of the molecule is Cc1cc(F)ccc1-c1nc(NC(CO)CO)nc2[nH]c(=O)cc(-c3c(F)cccc3F)c12.Cc1ccc(S(=O)(=O)O)cc1. The summed E-state index contributed by atoms with van der Waals surface area (Å²) in [5, 5.41) is 21.7. The third-order valence-electron chi connectivity index (χ3n) is 6.46. The highest BCUT2D eigenvalue weighted by Gasteiger charge is 2.22. The lowest BCUT2D eigenvalue weighted by Gasteiger charge is -2.17. The lowest BCUT2D eigenvalue weighted by atomic mass is 9.96.